The molecule has 0 N–H and O–H groups in total. The molecule has 0 spiro atoms. The van der Waals surface area contributed by atoms with E-state index in [0.29, 0.717) is 12.5 Å². The molecule has 0 unspecified atom stereocenters. The van der Waals surface area contributed by atoms with Gasteiger partial charge in [0.25, 0.3) is 0 Å². The Labute approximate surface area is 86.7 Å². The highest BCUT2D eigenvalue weighted by atomic mass is 28.4. The van der Waals surface area contributed by atoms with E-state index < -0.39 is 8.80 Å². The third kappa shape index (κ3) is 2.78. The smallest absolute Gasteiger partial charge is 0.377 e. The fraction of sp³-hybridized carbons (Fsp3) is 0.600. The van der Waals surface area contributed by atoms with E-state index in [9.17, 15) is 0 Å². The molecule has 0 aromatic carbocycles. The highest BCUT2D eigenvalue weighted by Crippen LogP contribution is 2.24. The summed E-state index contributed by atoms with van der Waals surface area (Å²) in [4.78, 5) is 0. The van der Waals surface area contributed by atoms with Crippen LogP contribution in [0.3, 0.4) is 0 Å². The fourth-order valence-corrected chi connectivity index (χ4v) is 3.69. The van der Waals surface area contributed by atoms with Crippen molar-refractivity contribution in [1.29, 1.82) is 0 Å². The Kier molecular flexibility index (Phi) is 4.54. The molecular formula is C10H18O3Si. The molecule has 1 aliphatic rings. The Bertz CT molecular complexity index is 209. The molecular weight excluding hydrogens is 196 g/mol. The first-order valence-corrected chi connectivity index (χ1v) is 6.78. The minimum absolute atomic E-state index is 0.396. The van der Waals surface area contributed by atoms with Crippen LogP contribution in [0.15, 0.2) is 24.3 Å². The van der Waals surface area contributed by atoms with Crippen molar-refractivity contribution in [3.05, 3.63) is 24.3 Å². The molecule has 0 radical (unpaired) electrons. The molecule has 0 fully saturated rings. The molecule has 4 heteroatoms. The summed E-state index contributed by atoms with van der Waals surface area (Å²) in [5, 5.41) is 0. The van der Waals surface area contributed by atoms with E-state index in [1.54, 1.807) is 14.2 Å². The maximum Gasteiger partial charge on any atom is 0.501 e. The molecule has 1 rings (SSSR count). The zero-order valence-electron chi connectivity index (χ0n) is 9.03. The van der Waals surface area contributed by atoms with Gasteiger partial charge < -0.3 is 13.3 Å². The zero-order chi connectivity index (χ0) is 10.4. The minimum Gasteiger partial charge on any atom is -0.377 e. The molecule has 0 bridgehead atoms. The van der Waals surface area contributed by atoms with Gasteiger partial charge in [0.2, 0.25) is 0 Å². The predicted octanol–water partition coefficient (Wildman–Crippen LogP) is 2.00. The second kappa shape index (κ2) is 5.46. The summed E-state index contributed by atoms with van der Waals surface area (Å²) in [5.74, 6) is 0.396. The molecule has 1 aliphatic carbocycles. The Hall–Kier alpha value is -0.423. The molecule has 0 saturated heterocycles. The molecule has 0 aromatic heterocycles. The van der Waals surface area contributed by atoms with Crippen molar-refractivity contribution >= 4 is 8.80 Å². The second-order valence-electron chi connectivity index (χ2n) is 3.16. The minimum atomic E-state index is -2.41. The molecule has 0 amide bonds. The van der Waals surface area contributed by atoms with Crippen LogP contribution in [0.2, 0.25) is 6.04 Å². The van der Waals surface area contributed by atoms with Crippen molar-refractivity contribution in [2.75, 3.05) is 20.8 Å². The van der Waals surface area contributed by atoms with E-state index >= 15 is 0 Å². The first-order valence-electron chi connectivity index (χ1n) is 4.85. The molecule has 0 heterocycles. The number of allylic oxidation sites excluding steroid dienone is 4. The lowest BCUT2D eigenvalue weighted by atomic mass is 10.2. The lowest BCUT2D eigenvalue weighted by Crippen LogP contribution is -2.45. The number of rotatable bonds is 6. The van der Waals surface area contributed by atoms with E-state index in [1.807, 2.05) is 19.1 Å². The van der Waals surface area contributed by atoms with E-state index in [-0.39, 0.29) is 0 Å². The number of hydrogen-bond acceptors (Lipinski definition) is 3. The third-order valence-corrected chi connectivity index (χ3v) is 5.24. The topological polar surface area (TPSA) is 27.7 Å². The van der Waals surface area contributed by atoms with Gasteiger partial charge in [-0.25, -0.2) is 0 Å². The fourth-order valence-electron chi connectivity index (χ4n) is 1.55. The monoisotopic (exact) mass is 214 g/mol. The summed E-state index contributed by atoms with van der Waals surface area (Å²) < 4.78 is 16.4. The van der Waals surface area contributed by atoms with Crippen LogP contribution in [0.4, 0.5) is 0 Å². The zero-order valence-corrected chi connectivity index (χ0v) is 10.0. The highest BCUT2D eigenvalue weighted by molar-refractivity contribution is 6.60. The maximum absolute atomic E-state index is 5.62. The van der Waals surface area contributed by atoms with Gasteiger partial charge in [-0.3, -0.25) is 0 Å². The summed E-state index contributed by atoms with van der Waals surface area (Å²) >= 11 is 0. The maximum atomic E-state index is 5.62. The summed E-state index contributed by atoms with van der Waals surface area (Å²) in [6, 6.07) is 0.820. The van der Waals surface area contributed by atoms with Crippen molar-refractivity contribution in [3.63, 3.8) is 0 Å². The Morgan fingerprint density at radius 1 is 1.14 bits per heavy atom. The Balaban J connectivity index is 2.57. The summed E-state index contributed by atoms with van der Waals surface area (Å²) in [6.45, 7) is 2.59. The summed E-state index contributed by atoms with van der Waals surface area (Å²) in [7, 11) is 0.910. The van der Waals surface area contributed by atoms with Crippen LogP contribution in [-0.4, -0.2) is 29.6 Å². The van der Waals surface area contributed by atoms with Crippen molar-refractivity contribution in [3.8, 4) is 0 Å². The summed E-state index contributed by atoms with van der Waals surface area (Å²) in [5.41, 5.74) is 0. The third-order valence-electron chi connectivity index (χ3n) is 2.30. The molecule has 0 aliphatic heterocycles. The van der Waals surface area contributed by atoms with Crippen LogP contribution < -0.4 is 0 Å². The normalized spacial score (nSPS) is 16.8. The lowest BCUT2D eigenvalue weighted by molar-refractivity contribution is 0.102. The van der Waals surface area contributed by atoms with Crippen molar-refractivity contribution in [1.82, 2.24) is 0 Å². The second-order valence-corrected chi connectivity index (χ2v) is 6.04. The van der Waals surface area contributed by atoms with Gasteiger partial charge >= 0.3 is 8.80 Å². The molecule has 80 valence electrons. The van der Waals surface area contributed by atoms with Gasteiger partial charge in [-0.05, 0) is 12.8 Å². The van der Waals surface area contributed by atoms with Crippen molar-refractivity contribution in [2.45, 2.75) is 13.0 Å². The predicted molar refractivity (Wildman–Crippen MR) is 58.0 cm³/mol. The van der Waals surface area contributed by atoms with E-state index in [4.69, 9.17) is 13.3 Å². The van der Waals surface area contributed by atoms with Crippen molar-refractivity contribution < 1.29 is 13.3 Å². The lowest BCUT2D eigenvalue weighted by Gasteiger charge is -2.27. The van der Waals surface area contributed by atoms with E-state index in [1.165, 1.54) is 0 Å². The first-order chi connectivity index (χ1) is 6.76. The van der Waals surface area contributed by atoms with E-state index in [2.05, 4.69) is 12.2 Å². The molecule has 14 heavy (non-hydrogen) atoms. The average Bonchev–Trinajstić information content (AvgIpc) is 2.69. The Morgan fingerprint density at radius 2 is 1.71 bits per heavy atom. The molecule has 0 atom stereocenters. The highest BCUT2D eigenvalue weighted by Gasteiger charge is 2.40. The van der Waals surface area contributed by atoms with Crippen LogP contribution >= 0.6 is 0 Å². The van der Waals surface area contributed by atoms with Crippen LogP contribution in [0.1, 0.15) is 6.92 Å². The van der Waals surface area contributed by atoms with Crippen molar-refractivity contribution in [2.24, 2.45) is 5.92 Å². The van der Waals surface area contributed by atoms with Gasteiger partial charge in [-0.15, -0.1) is 0 Å². The molecule has 0 aromatic rings. The first kappa shape index (κ1) is 11.7. The van der Waals surface area contributed by atoms with Crippen LogP contribution in [-0.2, 0) is 13.3 Å². The Morgan fingerprint density at radius 3 is 2.14 bits per heavy atom. The number of hydrogen-bond donors (Lipinski definition) is 0. The van der Waals surface area contributed by atoms with Gasteiger partial charge in [-0.1, -0.05) is 24.3 Å². The van der Waals surface area contributed by atoms with Crippen LogP contribution in [0.5, 0.6) is 0 Å². The van der Waals surface area contributed by atoms with Crippen LogP contribution in [0.25, 0.3) is 0 Å². The average molecular weight is 214 g/mol. The van der Waals surface area contributed by atoms with Crippen LogP contribution in [0, 0.1) is 5.92 Å². The van der Waals surface area contributed by atoms with E-state index in [0.717, 1.165) is 6.04 Å². The van der Waals surface area contributed by atoms with Gasteiger partial charge in [0.15, 0.2) is 0 Å². The largest absolute Gasteiger partial charge is 0.501 e. The molecule has 3 nitrogen and oxygen atoms in total. The summed E-state index contributed by atoms with van der Waals surface area (Å²) in [6.07, 6.45) is 8.36. The van der Waals surface area contributed by atoms with Gasteiger partial charge in [0, 0.05) is 26.9 Å². The van der Waals surface area contributed by atoms with Gasteiger partial charge in [0.05, 0.1) is 0 Å². The van der Waals surface area contributed by atoms with Gasteiger partial charge in [0.1, 0.15) is 0 Å². The SMILES string of the molecule is CCO[Si](CC1C=CC=C1)(OC)OC. The quantitative estimate of drug-likeness (QED) is 0.633. The molecule has 0 saturated carbocycles. The van der Waals surface area contributed by atoms with Gasteiger partial charge in [-0.2, -0.15) is 0 Å². The standard InChI is InChI=1S/C10H18O3Si/c1-4-13-14(11-2,12-3)9-10-7-5-6-8-10/h5-8,10H,4,9H2,1-3H3.